The van der Waals surface area contributed by atoms with E-state index in [0.29, 0.717) is 0 Å². The fourth-order valence-electron chi connectivity index (χ4n) is 4.09. The lowest BCUT2D eigenvalue weighted by molar-refractivity contribution is 0.394. The van der Waals surface area contributed by atoms with Crippen molar-refractivity contribution in [2.75, 3.05) is 0 Å². The Kier molecular flexibility index (Phi) is 8.05. The molecule has 0 N–H and O–H groups in total. The van der Waals surface area contributed by atoms with Crippen LogP contribution in [-0.2, 0) is 0 Å². The van der Waals surface area contributed by atoms with Crippen molar-refractivity contribution in [2.45, 2.75) is 97.3 Å². The number of unbranched alkanes of at least 4 members (excludes halogenated alkanes) is 1. The maximum atomic E-state index is 2.59. The molecule has 0 heterocycles. The van der Waals surface area contributed by atoms with Gasteiger partial charge in [0, 0.05) is 0 Å². The van der Waals surface area contributed by atoms with E-state index < -0.39 is 0 Å². The zero-order chi connectivity index (χ0) is 15.6. The van der Waals surface area contributed by atoms with Gasteiger partial charge in [-0.25, -0.2) is 0 Å². The molecule has 0 aromatic heterocycles. The first-order valence-electron chi connectivity index (χ1n) is 9.85. The summed E-state index contributed by atoms with van der Waals surface area (Å²) in [4.78, 5) is 0. The Morgan fingerprint density at radius 1 is 0.818 bits per heavy atom. The molecule has 0 nitrogen and oxygen atoms in total. The van der Waals surface area contributed by atoms with Crippen LogP contribution >= 0.6 is 0 Å². The molecule has 2 saturated carbocycles. The van der Waals surface area contributed by atoms with Crippen molar-refractivity contribution in [3.05, 3.63) is 34.9 Å². The Labute approximate surface area is 138 Å². The molecule has 0 radical (unpaired) electrons. The van der Waals surface area contributed by atoms with E-state index in [0.717, 1.165) is 5.92 Å². The van der Waals surface area contributed by atoms with Crippen molar-refractivity contribution in [1.29, 1.82) is 0 Å². The summed E-state index contributed by atoms with van der Waals surface area (Å²) in [5.41, 5.74) is 5.21. The fraction of sp³-hybridized carbons (Fsp3) is 0.727. The van der Waals surface area contributed by atoms with Crippen LogP contribution in [0.2, 0.25) is 0 Å². The van der Waals surface area contributed by atoms with Crippen molar-refractivity contribution in [2.24, 2.45) is 5.92 Å². The molecule has 2 rings (SSSR count). The summed E-state index contributed by atoms with van der Waals surface area (Å²) in [6.07, 6.45) is 25.1. The normalized spacial score (nSPS) is 24.6. The van der Waals surface area contributed by atoms with E-state index in [-0.39, 0.29) is 0 Å². The molecule has 0 heteroatoms. The predicted octanol–water partition coefficient (Wildman–Crippen LogP) is 7.52. The molecule has 2 aliphatic rings. The molecular formula is C22H36. The van der Waals surface area contributed by atoms with Crippen molar-refractivity contribution in [3.63, 3.8) is 0 Å². The number of rotatable bonds is 6. The van der Waals surface area contributed by atoms with Gasteiger partial charge < -0.3 is 0 Å². The van der Waals surface area contributed by atoms with Crippen LogP contribution in [0.15, 0.2) is 34.9 Å². The molecule has 1 unspecified atom stereocenters. The van der Waals surface area contributed by atoms with Gasteiger partial charge in [-0.3, -0.25) is 0 Å². The summed E-state index contributed by atoms with van der Waals surface area (Å²) < 4.78 is 0. The lowest BCUT2D eigenvalue weighted by Crippen LogP contribution is -2.08. The zero-order valence-electron chi connectivity index (χ0n) is 15.0. The summed E-state index contributed by atoms with van der Waals surface area (Å²) in [7, 11) is 0. The monoisotopic (exact) mass is 300 g/mol. The second-order valence-electron chi connectivity index (χ2n) is 7.32. The lowest BCUT2D eigenvalue weighted by atomic mass is 9.82. The fourth-order valence-corrected chi connectivity index (χ4v) is 4.09. The van der Waals surface area contributed by atoms with Gasteiger partial charge in [-0.15, -0.1) is 0 Å². The molecule has 0 bridgehead atoms. The molecule has 0 saturated heterocycles. The van der Waals surface area contributed by atoms with Crippen LogP contribution < -0.4 is 0 Å². The highest BCUT2D eigenvalue weighted by Crippen LogP contribution is 2.33. The van der Waals surface area contributed by atoms with E-state index in [2.05, 4.69) is 32.1 Å². The molecule has 2 fully saturated rings. The van der Waals surface area contributed by atoms with Crippen LogP contribution in [0.1, 0.15) is 97.3 Å². The van der Waals surface area contributed by atoms with Gasteiger partial charge >= 0.3 is 0 Å². The third-order valence-corrected chi connectivity index (χ3v) is 5.42. The minimum absolute atomic E-state index is 0.966. The van der Waals surface area contributed by atoms with Gasteiger partial charge in [-0.05, 0) is 83.0 Å². The number of hydrogen-bond donors (Lipinski definition) is 0. The maximum absolute atomic E-state index is 2.59. The minimum Gasteiger partial charge on any atom is -0.0856 e. The average Bonchev–Trinajstić information content (AvgIpc) is 2.55. The Balaban J connectivity index is 1.70. The Bertz CT molecular complexity index is 396. The largest absolute Gasteiger partial charge is 0.0856 e. The predicted molar refractivity (Wildman–Crippen MR) is 99.1 cm³/mol. The van der Waals surface area contributed by atoms with Gasteiger partial charge in [0.05, 0.1) is 0 Å². The van der Waals surface area contributed by atoms with Crippen LogP contribution in [0.3, 0.4) is 0 Å². The molecule has 2 aliphatic carbocycles. The molecule has 0 aromatic rings. The van der Waals surface area contributed by atoms with Gasteiger partial charge in [0.15, 0.2) is 0 Å². The van der Waals surface area contributed by atoms with E-state index >= 15 is 0 Å². The standard InChI is InChI=1S/C22H36/c1-3-5-9-21-12-7-13-22(18-21)11-6-10-20-16-14-19(8-4-2)15-17-20/h8-10,22H,3-7,11-18H2,1-2H3. The Morgan fingerprint density at radius 3 is 2.18 bits per heavy atom. The minimum atomic E-state index is 0.966. The third kappa shape index (κ3) is 6.15. The summed E-state index contributed by atoms with van der Waals surface area (Å²) in [5, 5.41) is 0. The number of allylic oxidation sites excluding steroid dienone is 6. The highest BCUT2D eigenvalue weighted by molar-refractivity contribution is 5.16. The van der Waals surface area contributed by atoms with Crippen LogP contribution in [0, 0.1) is 5.92 Å². The highest BCUT2D eigenvalue weighted by Gasteiger charge is 2.16. The van der Waals surface area contributed by atoms with Crippen LogP contribution in [-0.4, -0.2) is 0 Å². The highest BCUT2D eigenvalue weighted by atomic mass is 14.2. The zero-order valence-corrected chi connectivity index (χ0v) is 15.0. The van der Waals surface area contributed by atoms with E-state index in [1.807, 2.05) is 0 Å². The quantitative estimate of drug-likeness (QED) is 0.445. The Morgan fingerprint density at radius 2 is 1.50 bits per heavy atom. The van der Waals surface area contributed by atoms with Crippen molar-refractivity contribution < 1.29 is 0 Å². The Hall–Kier alpha value is -0.780. The third-order valence-electron chi connectivity index (χ3n) is 5.42. The molecule has 124 valence electrons. The molecule has 0 spiro atoms. The summed E-state index contributed by atoms with van der Waals surface area (Å²) in [5.74, 6) is 0.966. The first-order valence-corrected chi connectivity index (χ1v) is 9.85. The van der Waals surface area contributed by atoms with Crippen molar-refractivity contribution in [1.82, 2.24) is 0 Å². The topological polar surface area (TPSA) is 0 Å². The van der Waals surface area contributed by atoms with Crippen LogP contribution in [0.25, 0.3) is 0 Å². The second-order valence-corrected chi connectivity index (χ2v) is 7.32. The molecular weight excluding hydrogens is 264 g/mol. The second kappa shape index (κ2) is 10.1. The molecule has 22 heavy (non-hydrogen) atoms. The van der Waals surface area contributed by atoms with E-state index in [1.165, 1.54) is 83.5 Å². The molecule has 0 aromatic carbocycles. The van der Waals surface area contributed by atoms with Crippen molar-refractivity contribution in [3.8, 4) is 0 Å². The number of hydrogen-bond acceptors (Lipinski definition) is 0. The van der Waals surface area contributed by atoms with Gasteiger partial charge in [-0.1, -0.05) is 55.2 Å². The van der Waals surface area contributed by atoms with Crippen LogP contribution in [0.5, 0.6) is 0 Å². The maximum Gasteiger partial charge on any atom is -0.0283 e. The summed E-state index contributed by atoms with van der Waals surface area (Å²) in [6, 6.07) is 0. The molecule has 0 amide bonds. The molecule has 1 atom stereocenters. The summed E-state index contributed by atoms with van der Waals surface area (Å²) >= 11 is 0. The van der Waals surface area contributed by atoms with Crippen molar-refractivity contribution >= 4 is 0 Å². The lowest BCUT2D eigenvalue weighted by Gasteiger charge is -2.24. The van der Waals surface area contributed by atoms with Crippen LogP contribution in [0.4, 0.5) is 0 Å². The first kappa shape index (κ1) is 17.6. The molecule has 0 aliphatic heterocycles. The van der Waals surface area contributed by atoms with Gasteiger partial charge in [-0.2, -0.15) is 0 Å². The average molecular weight is 301 g/mol. The van der Waals surface area contributed by atoms with Gasteiger partial charge in [0.1, 0.15) is 0 Å². The first-order chi connectivity index (χ1) is 10.8. The van der Waals surface area contributed by atoms with E-state index in [9.17, 15) is 0 Å². The van der Waals surface area contributed by atoms with Gasteiger partial charge in [0.2, 0.25) is 0 Å². The van der Waals surface area contributed by atoms with E-state index in [4.69, 9.17) is 0 Å². The summed E-state index contributed by atoms with van der Waals surface area (Å²) in [6.45, 7) is 4.54. The SMILES string of the molecule is CCC=C1CCC(=CCCC2CCCC(=CCCC)C2)CC1. The smallest absolute Gasteiger partial charge is 0.0283 e. The van der Waals surface area contributed by atoms with Gasteiger partial charge in [0.25, 0.3) is 0 Å². The van der Waals surface area contributed by atoms with E-state index in [1.54, 1.807) is 16.7 Å².